The third kappa shape index (κ3) is 1.22. The molecule has 2 aromatic rings. The van der Waals surface area contributed by atoms with Crippen LogP contribution in [0, 0.1) is 6.92 Å². The molecule has 0 bridgehead atoms. The number of hydrogen-bond donors (Lipinski definition) is 0. The lowest BCUT2D eigenvalue weighted by Crippen LogP contribution is -1.83. The molecule has 0 atom stereocenters. The van der Waals surface area contributed by atoms with E-state index in [1.807, 2.05) is 24.5 Å². The molecule has 0 aliphatic heterocycles. The van der Waals surface area contributed by atoms with Crippen LogP contribution in [0.3, 0.4) is 0 Å². The van der Waals surface area contributed by atoms with Crippen molar-refractivity contribution in [2.45, 2.75) is 6.92 Å². The molecule has 64 valence electrons. The number of rotatable bonds is 1. The molecule has 0 spiro atoms. The number of aryl methyl sites for hydroxylation is 1. The minimum Gasteiger partial charge on any atom is -0.264 e. The molecule has 0 radical (unpaired) electrons. The summed E-state index contributed by atoms with van der Waals surface area (Å²) in [7, 11) is 0. The van der Waals surface area contributed by atoms with Crippen LogP contribution in [0.1, 0.15) is 11.1 Å². The summed E-state index contributed by atoms with van der Waals surface area (Å²) in [5.41, 5.74) is 2.43. The lowest BCUT2D eigenvalue weighted by atomic mass is 10.0. The summed E-state index contributed by atoms with van der Waals surface area (Å²) < 4.78 is 0. The number of pyridine rings is 1. The SMILES string of the molecule is C=Cc1ccc(C)c2cnccc12. The molecule has 0 aliphatic carbocycles. The van der Waals surface area contributed by atoms with Gasteiger partial charge in [0.05, 0.1) is 0 Å². The second-order valence-electron chi connectivity index (χ2n) is 3.10. The van der Waals surface area contributed by atoms with Crippen molar-refractivity contribution in [1.29, 1.82) is 0 Å². The van der Waals surface area contributed by atoms with E-state index in [2.05, 4.69) is 30.6 Å². The second-order valence-corrected chi connectivity index (χ2v) is 3.10. The van der Waals surface area contributed by atoms with E-state index in [1.54, 1.807) is 0 Å². The van der Waals surface area contributed by atoms with Gasteiger partial charge in [-0.2, -0.15) is 0 Å². The highest BCUT2D eigenvalue weighted by Crippen LogP contribution is 2.21. The fourth-order valence-electron chi connectivity index (χ4n) is 1.53. The number of aromatic nitrogens is 1. The zero-order valence-electron chi connectivity index (χ0n) is 7.62. The standard InChI is InChI=1S/C12H11N/c1-3-10-5-4-9(2)12-8-13-7-6-11(10)12/h3-8H,1H2,2H3. The monoisotopic (exact) mass is 169 g/mol. The van der Waals surface area contributed by atoms with E-state index in [4.69, 9.17) is 0 Å². The van der Waals surface area contributed by atoms with Crippen molar-refractivity contribution >= 4 is 16.8 Å². The molecule has 1 aromatic heterocycles. The molecular weight excluding hydrogens is 158 g/mol. The smallest absolute Gasteiger partial charge is 0.0349 e. The van der Waals surface area contributed by atoms with E-state index in [1.165, 1.54) is 21.9 Å². The van der Waals surface area contributed by atoms with Crippen LogP contribution in [-0.2, 0) is 0 Å². The van der Waals surface area contributed by atoms with Gasteiger partial charge in [-0.3, -0.25) is 4.98 Å². The molecule has 0 amide bonds. The van der Waals surface area contributed by atoms with E-state index in [0.29, 0.717) is 0 Å². The van der Waals surface area contributed by atoms with Crippen LogP contribution in [-0.4, -0.2) is 4.98 Å². The lowest BCUT2D eigenvalue weighted by molar-refractivity contribution is 1.35. The highest BCUT2D eigenvalue weighted by molar-refractivity contribution is 5.91. The van der Waals surface area contributed by atoms with Crippen LogP contribution in [0.4, 0.5) is 0 Å². The van der Waals surface area contributed by atoms with E-state index in [-0.39, 0.29) is 0 Å². The van der Waals surface area contributed by atoms with Gasteiger partial charge in [0.2, 0.25) is 0 Å². The van der Waals surface area contributed by atoms with Crippen molar-refractivity contribution in [1.82, 2.24) is 4.98 Å². The molecule has 0 aliphatic rings. The Morgan fingerprint density at radius 2 is 2.08 bits per heavy atom. The third-order valence-corrected chi connectivity index (χ3v) is 2.29. The predicted octanol–water partition coefficient (Wildman–Crippen LogP) is 3.19. The average Bonchev–Trinajstić information content (AvgIpc) is 2.19. The highest BCUT2D eigenvalue weighted by Gasteiger charge is 1.99. The van der Waals surface area contributed by atoms with Crippen molar-refractivity contribution in [2.75, 3.05) is 0 Å². The predicted molar refractivity (Wildman–Crippen MR) is 56.6 cm³/mol. The van der Waals surface area contributed by atoms with Crippen LogP contribution in [0.5, 0.6) is 0 Å². The maximum absolute atomic E-state index is 4.11. The minimum absolute atomic E-state index is 1.17. The zero-order valence-corrected chi connectivity index (χ0v) is 7.62. The largest absolute Gasteiger partial charge is 0.264 e. The van der Waals surface area contributed by atoms with Crippen molar-refractivity contribution in [3.63, 3.8) is 0 Å². The van der Waals surface area contributed by atoms with Crippen LogP contribution in [0.2, 0.25) is 0 Å². The molecule has 0 saturated heterocycles. The van der Waals surface area contributed by atoms with Crippen LogP contribution in [0.15, 0.2) is 37.2 Å². The second kappa shape index (κ2) is 3.02. The summed E-state index contributed by atoms with van der Waals surface area (Å²) in [5.74, 6) is 0. The summed E-state index contributed by atoms with van der Waals surface area (Å²) in [6.07, 6.45) is 5.59. The Bertz CT molecular complexity index is 458. The lowest BCUT2D eigenvalue weighted by Gasteiger charge is -2.03. The van der Waals surface area contributed by atoms with Gasteiger partial charge in [0.15, 0.2) is 0 Å². The van der Waals surface area contributed by atoms with Crippen molar-refractivity contribution in [3.05, 3.63) is 48.3 Å². The first-order valence-corrected chi connectivity index (χ1v) is 4.28. The van der Waals surface area contributed by atoms with Crippen molar-refractivity contribution in [3.8, 4) is 0 Å². The van der Waals surface area contributed by atoms with Crippen LogP contribution in [0.25, 0.3) is 16.8 Å². The van der Waals surface area contributed by atoms with Crippen LogP contribution >= 0.6 is 0 Å². The first-order valence-electron chi connectivity index (χ1n) is 4.28. The third-order valence-electron chi connectivity index (χ3n) is 2.29. The van der Waals surface area contributed by atoms with Gasteiger partial charge in [-0.15, -0.1) is 0 Å². The van der Waals surface area contributed by atoms with Crippen LogP contribution < -0.4 is 0 Å². The highest BCUT2D eigenvalue weighted by atomic mass is 14.6. The van der Waals surface area contributed by atoms with Crippen molar-refractivity contribution < 1.29 is 0 Å². The van der Waals surface area contributed by atoms with Gasteiger partial charge in [0.1, 0.15) is 0 Å². The Balaban J connectivity index is 2.92. The summed E-state index contributed by atoms with van der Waals surface area (Å²) >= 11 is 0. The summed E-state index contributed by atoms with van der Waals surface area (Å²) in [4.78, 5) is 4.11. The van der Waals surface area contributed by atoms with Crippen molar-refractivity contribution in [2.24, 2.45) is 0 Å². The number of benzene rings is 1. The van der Waals surface area contributed by atoms with E-state index in [0.717, 1.165) is 0 Å². The number of hydrogen-bond acceptors (Lipinski definition) is 1. The molecular formula is C12H11N. The molecule has 1 nitrogen and oxygen atoms in total. The fourth-order valence-corrected chi connectivity index (χ4v) is 1.53. The van der Waals surface area contributed by atoms with E-state index < -0.39 is 0 Å². The Morgan fingerprint density at radius 1 is 1.23 bits per heavy atom. The quantitative estimate of drug-likeness (QED) is 0.638. The summed E-state index contributed by atoms with van der Waals surface area (Å²) in [6, 6.07) is 6.21. The van der Waals surface area contributed by atoms with Gasteiger partial charge >= 0.3 is 0 Å². The van der Waals surface area contributed by atoms with Gasteiger partial charge in [-0.05, 0) is 29.5 Å². The molecule has 1 aromatic carbocycles. The number of nitrogens with zero attached hydrogens (tertiary/aromatic N) is 1. The fraction of sp³-hybridized carbons (Fsp3) is 0.0833. The van der Waals surface area contributed by atoms with Gasteiger partial charge < -0.3 is 0 Å². The maximum Gasteiger partial charge on any atom is 0.0349 e. The summed E-state index contributed by atoms with van der Waals surface area (Å²) in [5, 5.41) is 2.44. The van der Waals surface area contributed by atoms with Gasteiger partial charge in [-0.1, -0.05) is 24.8 Å². The molecule has 1 heterocycles. The Kier molecular flexibility index (Phi) is 1.85. The van der Waals surface area contributed by atoms with E-state index >= 15 is 0 Å². The maximum atomic E-state index is 4.11. The molecule has 0 N–H and O–H groups in total. The Hall–Kier alpha value is -1.63. The molecule has 0 fully saturated rings. The van der Waals surface area contributed by atoms with Gasteiger partial charge in [0.25, 0.3) is 0 Å². The van der Waals surface area contributed by atoms with E-state index in [9.17, 15) is 0 Å². The molecule has 2 rings (SSSR count). The Morgan fingerprint density at radius 3 is 2.85 bits per heavy atom. The zero-order chi connectivity index (χ0) is 9.26. The van der Waals surface area contributed by atoms with Gasteiger partial charge in [-0.25, -0.2) is 0 Å². The first kappa shape index (κ1) is 7.99. The minimum atomic E-state index is 1.17. The summed E-state index contributed by atoms with van der Waals surface area (Å²) in [6.45, 7) is 5.88. The average molecular weight is 169 g/mol. The Labute approximate surface area is 77.7 Å². The number of fused-ring (bicyclic) bond motifs is 1. The first-order chi connectivity index (χ1) is 6.33. The molecule has 1 heteroatoms. The topological polar surface area (TPSA) is 12.9 Å². The molecule has 0 saturated carbocycles. The molecule has 13 heavy (non-hydrogen) atoms. The van der Waals surface area contributed by atoms with Gasteiger partial charge in [0, 0.05) is 17.8 Å². The molecule has 0 unspecified atom stereocenters. The normalized spacial score (nSPS) is 10.2.